The lowest BCUT2D eigenvalue weighted by molar-refractivity contribution is 0.0200. The van der Waals surface area contributed by atoms with Gasteiger partial charge in [0, 0.05) is 30.4 Å². The lowest BCUT2D eigenvalue weighted by Crippen LogP contribution is -2.56. The van der Waals surface area contributed by atoms with Crippen molar-refractivity contribution in [3.63, 3.8) is 0 Å². The molecule has 154 valence electrons. The minimum atomic E-state index is -0.0816. The number of urea groups is 1. The number of anilines is 1. The smallest absolute Gasteiger partial charge is 0.319 e. The SMILES string of the molecule is CC(C)c1ccc(NC(=O)NC2C[C@H]3CCC[C@@H](C2)N3Cc2ccccc2)cc1. The minimum absolute atomic E-state index is 0.0816. The van der Waals surface area contributed by atoms with Crippen molar-refractivity contribution >= 4 is 11.7 Å². The van der Waals surface area contributed by atoms with E-state index in [-0.39, 0.29) is 12.1 Å². The molecule has 2 bridgehead atoms. The fraction of sp³-hybridized carbons (Fsp3) is 0.480. The third kappa shape index (κ3) is 4.99. The standard InChI is InChI=1S/C25H33N3O/c1-18(2)20-11-13-21(14-12-20)26-25(29)27-22-15-23-9-6-10-24(16-22)28(23)17-19-7-4-3-5-8-19/h3-5,7-8,11-14,18,22-24H,6,9-10,15-17H2,1-2H3,(H2,26,27,29)/t22?,23-,24+. The Hall–Kier alpha value is -2.33. The Bertz CT molecular complexity index is 789. The van der Waals surface area contributed by atoms with Crippen LogP contribution in [-0.4, -0.2) is 29.1 Å². The Balaban J connectivity index is 1.33. The number of hydrogen-bond acceptors (Lipinski definition) is 2. The summed E-state index contributed by atoms with van der Waals surface area (Å²) in [7, 11) is 0. The van der Waals surface area contributed by atoms with Gasteiger partial charge in [0.2, 0.25) is 0 Å². The molecule has 29 heavy (non-hydrogen) atoms. The van der Waals surface area contributed by atoms with Crippen LogP contribution in [0.3, 0.4) is 0 Å². The fourth-order valence-corrected chi connectivity index (χ4v) is 4.95. The molecule has 2 aliphatic heterocycles. The zero-order valence-electron chi connectivity index (χ0n) is 17.6. The van der Waals surface area contributed by atoms with Crippen molar-refractivity contribution in [2.24, 2.45) is 0 Å². The first-order chi connectivity index (χ1) is 14.1. The van der Waals surface area contributed by atoms with Crippen molar-refractivity contribution in [3.05, 3.63) is 65.7 Å². The van der Waals surface area contributed by atoms with Gasteiger partial charge < -0.3 is 10.6 Å². The van der Waals surface area contributed by atoms with Gasteiger partial charge in [-0.3, -0.25) is 4.90 Å². The van der Waals surface area contributed by atoms with Gasteiger partial charge in [0.05, 0.1) is 0 Å². The van der Waals surface area contributed by atoms with E-state index in [1.165, 1.54) is 30.4 Å². The van der Waals surface area contributed by atoms with Gasteiger partial charge in [-0.15, -0.1) is 0 Å². The van der Waals surface area contributed by atoms with E-state index in [0.29, 0.717) is 18.0 Å². The highest BCUT2D eigenvalue weighted by Crippen LogP contribution is 2.35. The van der Waals surface area contributed by atoms with Crippen molar-refractivity contribution in [1.82, 2.24) is 10.2 Å². The van der Waals surface area contributed by atoms with Gasteiger partial charge in [-0.25, -0.2) is 4.79 Å². The normalized spacial score (nSPS) is 24.3. The molecule has 2 heterocycles. The summed E-state index contributed by atoms with van der Waals surface area (Å²) in [6, 6.07) is 20.2. The minimum Gasteiger partial charge on any atom is -0.335 e. The third-order valence-electron chi connectivity index (χ3n) is 6.50. The van der Waals surface area contributed by atoms with Crippen molar-refractivity contribution in [2.45, 2.75) is 76.5 Å². The Kier molecular flexibility index (Phi) is 6.19. The monoisotopic (exact) mass is 391 g/mol. The molecule has 2 aliphatic rings. The molecule has 2 aromatic rings. The van der Waals surface area contributed by atoms with Crippen LogP contribution >= 0.6 is 0 Å². The van der Waals surface area contributed by atoms with E-state index in [1.54, 1.807) is 0 Å². The first-order valence-electron chi connectivity index (χ1n) is 11.1. The number of rotatable bonds is 5. The molecule has 2 amide bonds. The molecule has 2 aromatic carbocycles. The molecule has 0 aromatic heterocycles. The second kappa shape index (κ2) is 9.00. The first kappa shape index (κ1) is 20.0. The van der Waals surface area contributed by atoms with Gasteiger partial charge in [-0.05, 0) is 54.9 Å². The lowest BCUT2D eigenvalue weighted by Gasteiger charge is -2.49. The van der Waals surface area contributed by atoms with Crippen molar-refractivity contribution in [1.29, 1.82) is 0 Å². The second-order valence-electron chi connectivity index (χ2n) is 8.94. The van der Waals surface area contributed by atoms with E-state index in [0.717, 1.165) is 25.1 Å². The number of nitrogens with zero attached hydrogens (tertiary/aromatic N) is 1. The van der Waals surface area contributed by atoms with Crippen LogP contribution in [0.2, 0.25) is 0 Å². The predicted octanol–water partition coefficient (Wildman–Crippen LogP) is 5.52. The summed E-state index contributed by atoms with van der Waals surface area (Å²) < 4.78 is 0. The highest BCUT2D eigenvalue weighted by Gasteiger charge is 2.38. The molecule has 2 saturated heterocycles. The summed E-state index contributed by atoms with van der Waals surface area (Å²) >= 11 is 0. The van der Waals surface area contributed by atoms with Gasteiger partial charge in [0.15, 0.2) is 0 Å². The van der Waals surface area contributed by atoms with Crippen molar-refractivity contribution < 1.29 is 4.79 Å². The van der Waals surface area contributed by atoms with Crippen LogP contribution in [0.5, 0.6) is 0 Å². The Morgan fingerprint density at radius 2 is 1.66 bits per heavy atom. The van der Waals surface area contributed by atoms with Crippen molar-refractivity contribution in [3.8, 4) is 0 Å². The van der Waals surface area contributed by atoms with Crippen LogP contribution in [-0.2, 0) is 6.54 Å². The summed E-state index contributed by atoms with van der Waals surface area (Å²) in [6.45, 7) is 5.38. The van der Waals surface area contributed by atoms with E-state index in [4.69, 9.17) is 0 Å². The van der Waals surface area contributed by atoms with Gasteiger partial charge in [-0.2, -0.15) is 0 Å². The number of piperidine rings is 2. The molecule has 4 heteroatoms. The van der Waals surface area contributed by atoms with E-state index in [2.05, 4.69) is 71.8 Å². The zero-order valence-corrected chi connectivity index (χ0v) is 17.6. The van der Waals surface area contributed by atoms with E-state index < -0.39 is 0 Å². The van der Waals surface area contributed by atoms with Gasteiger partial charge in [0.1, 0.15) is 0 Å². The quantitative estimate of drug-likeness (QED) is 0.705. The maximum absolute atomic E-state index is 12.6. The molecule has 4 nitrogen and oxygen atoms in total. The van der Waals surface area contributed by atoms with Crippen LogP contribution < -0.4 is 10.6 Å². The average molecular weight is 392 g/mol. The van der Waals surface area contributed by atoms with Gasteiger partial charge in [0.25, 0.3) is 0 Å². The van der Waals surface area contributed by atoms with E-state index >= 15 is 0 Å². The molecule has 0 spiro atoms. The highest BCUT2D eigenvalue weighted by molar-refractivity contribution is 5.89. The third-order valence-corrected chi connectivity index (χ3v) is 6.50. The summed E-state index contributed by atoms with van der Waals surface area (Å²) in [5.74, 6) is 0.498. The molecule has 2 N–H and O–H groups in total. The molecule has 4 rings (SSSR count). The summed E-state index contributed by atoms with van der Waals surface area (Å²) in [5, 5.41) is 6.25. The fourth-order valence-electron chi connectivity index (χ4n) is 4.95. The number of hydrogen-bond donors (Lipinski definition) is 2. The Labute approximate surface area is 174 Å². The number of carbonyl (C=O) groups excluding carboxylic acids is 1. The predicted molar refractivity (Wildman–Crippen MR) is 119 cm³/mol. The van der Waals surface area contributed by atoms with E-state index in [1.807, 2.05) is 12.1 Å². The highest BCUT2D eigenvalue weighted by atomic mass is 16.2. The molecular formula is C25H33N3O. The Morgan fingerprint density at radius 1 is 1.00 bits per heavy atom. The van der Waals surface area contributed by atoms with E-state index in [9.17, 15) is 4.79 Å². The van der Waals surface area contributed by atoms with Crippen LogP contribution in [0.1, 0.15) is 63.0 Å². The topological polar surface area (TPSA) is 44.4 Å². The van der Waals surface area contributed by atoms with Crippen molar-refractivity contribution in [2.75, 3.05) is 5.32 Å². The average Bonchev–Trinajstić information content (AvgIpc) is 2.69. The second-order valence-corrected chi connectivity index (χ2v) is 8.94. The summed E-state index contributed by atoms with van der Waals surface area (Å²) in [4.78, 5) is 15.2. The van der Waals surface area contributed by atoms with Crippen LogP contribution in [0.25, 0.3) is 0 Å². The van der Waals surface area contributed by atoms with Gasteiger partial charge in [-0.1, -0.05) is 62.7 Å². The first-order valence-corrected chi connectivity index (χ1v) is 11.1. The molecular weight excluding hydrogens is 358 g/mol. The summed E-state index contributed by atoms with van der Waals surface area (Å²) in [5.41, 5.74) is 3.53. The van der Waals surface area contributed by atoms with Crippen LogP contribution in [0.15, 0.2) is 54.6 Å². The Morgan fingerprint density at radius 3 is 2.28 bits per heavy atom. The lowest BCUT2D eigenvalue weighted by atomic mass is 9.81. The maximum atomic E-state index is 12.6. The zero-order chi connectivity index (χ0) is 20.2. The molecule has 3 atom stereocenters. The molecule has 0 radical (unpaired) electrons. The maximum Gasteiger partial charge on any atom is 0.319 e. The summed E-state index contributed by atoms with van der Waals surface area (Å²) in [6.07, 6.45) is 5.87. The number of nitrogens with one attached hydrogen (secondary N) is 2. The number of fused-ring (bicyclic) bond motifs is 2. The number of carbonyl (C=O) groups is 1. The molecule has 1 unspecified atom stereocenters. The largest absolute Gasteiger partial charge is 0.335 e. The molecule has 0 saturated carbocycles. The number of benzene rings is 2. The van der Waals surface area contributed by atoms with Crippen LogP contribution in [0, 0.1) is 0 Å². The molecule has 0 aliphatic carbocycles. The van der Waals surface area contributed by atoms with Crippen LogP contribution in [0.4, 0.5) is 10.5 Å². The van der Waals surface area contributed by atoms with Gasteiger partial charge >= 0.3 is 6.03 Å². The number of amides is 2. The molecule has 2 fully saturated rings.